The first-order chi connectivity index (χ1) is 12.2. The van der Waals surface area contributed by atoms with Crippen LogP contribution in [0.3, 0.4) is 0 Å². The van der Waals surface area contributed by atoms with Gasteiger partial charge in [-0.2, -0.15) is 15.2 Å². The van der Waals surface area contributed by atoms with Crippen LogP contribution < -0.4 is 10.5 Å². The Kier molecular flexibility index (Phi) is 7.28. The van der Waals surface area contributed by atoms with Gasteiger partial charge in [-0.15, -0.1) is 3.89 Å². The fourth-order valence-electron chi connectivity index (χ4n) is 2.59. The third kappa shape index (κ3) is 4.32. The van der Waals surface area contributed by atoms with Gasteiger partial charge in [-0.05, 0) is 25.7 Å². The third-order valence-corrected chi connectivity index (χ3v) is 4.36. The zero-order chi connectivity index (χ0) is 18.2. The van der Waals surface area contributed by atoms with Crippen LogP contribution in [0, 0.1) is 11.3 Å². The van der Waals surface area contributed by atoms with Crippen LogP contribution >= 0.6 is 12.3 Å². The molecule has 0 amide bonds. The maximum absolute atomic E-state index is 13.4. The van der Waals surface area contributed by atoms with Crippen LogP contribution in [0.5, 0.6) is 6.01 Å². The van der Waals surface area contributed by atoms with E-state index in [2.05, 4.69) is 9.97 Å². The van der Waals surface area contributed by atoms with Gasteiger partial charge in [-0.25, -0.2) is 3.97 Å². The van der Waals surface area contributed by atoms with Gasteiger partial charge in [-0.1, -0.05) is 19.8 Å². The molecule has 7 nitrogen and oxygen atoms in total. The van der Waals surface area contributed by atoms with Gasteiger partial charge < -0.3 is 15.6 Å². The van der Waals surface area contributed by atoms with Crippen LogP contribution in [0.25, 0.3) is 11.0 Å². The van der Waals surface area contributed by atoms with Crippen LogP contribution in [0.1, 0.15) is 50.3 Å². The average molecular weight is 367 g/mol. The summed E-state index contributed by atoms with van der Waals surface area (Å²) >= 11 is -0.0911. The normalized spacial score (nSPS) is 11.0. The van der Waals surface area contributed by atoms with Crippen LogP contribution in [0.15, 0.2) is 0 Å². The minimum Gasteiger partial charge on any atom is -0.463 e. The number of aromatic nitrogens is 3. The summed E-state index contributed by atoms with van der Waals surface area (Å²) in [7, 11) is 0. The largest absolute Gasteiger partial charge is 0.463 e. The molecule has 0 radical (unpaired) electrons. The SMILES string of the molecule is CCCCOc1nc(N)c2c(n1)c(CCCCCO)c(C#N)n2SF. The smallest absolute Gasteiger partial charge is 0.319 e. The predicted octanol–water partition coefficient (Wildman–Crippen LogP) is 3.15. The minimum atomic E-state index is -0.0911. The Morgan fingerprint density at radius 3 is 2.76 bits per heavy atom. The van der Waals surface area contributed by atoms with E-state index in [1.165, 1.54) is 0 Å². The first-order valence-corrected chi connectivity index (χ1v) is 8.98. The third-order valence-electron chi connectivity index (χ3n) is 3.86. The topological polar surface area (TPSA) is 110 Å². The molecule has 2 aromatic rings. The molecule has 2 heterocycles. The van der Waals surface area contributed by atoms with Crippen molar-refractivity contribution in [1.82, 2.24) is 13.9 Å². The lowest BCUT2D eigenvalue weighted by atomic mass is 10.1. The molecule has 9 heteroatoms. The molecule has 0 aromatic carbocycles. The summed E-state index contributed by atoms with van der Waals surface area (Å²) in [5.74, 6) is 0.0831. The van der Waals surface area contributed by atoms with E-state index in [0.717, 1.165) is 29.7 Å². The molecule has 136 valence electrons. The van der Waals surface area contributed by atoms with Crippen molar-refractivity contribution in [3.05, 3.63) is 11.3 Å². The van der Waals surface area contributed by atoms with E-state index in [1.807, 2.05) is 13.0 Å². The molecule has 0 unspecified atom stereocenters. The lowest BCUT2D eigenvalue weighted by Crippen LogP contribution is -2.04. The summed E-state index contributed by atoms with van der Waals surface area (Å²) < 4.78 is 20.1. The van der Waals surface area contributed by atoms with E-state index in [-0.39, 0.29) is 36.5 Å². The molecule has 2 rings (SSSR count). The molecule has 0 spiro atoms. The summed E-state index contributed by atoms with van der Waals surface area (Å²) in [6, 6.07) is 2.17. The quantitative estimate of drug-likeness (QED) is 0.621. The van der Waals surface area contributed by atoms with Crippen LogP contribution in [-0.2, 0) is 6.42 Å². The number of aliphatic hydroxyl groups is 1. The van der Waals surface area contributed by atoms with Crippen LogP contribution in [0.2, 0.25) is 0 Å². The van der Waals surface area contributed by atoms with Crippen molar-refractivity contribution >= 4 is 29.2 Å². The van der Waals surface area contributed by atoms with Gasteiger partial charge in [0.15, 0.2) is 18.2 Å². The number of halogens is 1. The van der Waals surface area contributed by atoms with E-state index < -0.39 is 0 Å². The summed E-state index contributed by atoms with van der Waals surface area (Å²) in [4.78, 5) is 8.45. The number of nitrogens with zero attached hydrogens (tertiary/aromatic N) is 4. The standard InChI is InChI=1S/C16H22FN5O2S/c1-2-3-9-24-16-20-13-11(7-5-4-6-8-23)12(10-18)22(25-17)14(13)15(19)21-16/h23H,2-9H2,1H3,(H2,19,20,21). The lowest BCUT2D eigenvalue weighted by Gasteiger charge is -2.06. The number of anilines is 1. The molecule has 2 aromatic heterocycles. The molecule has 0 aliphatic rings. The van der Waals surface area contributed by atoms with Crippen molar-refractivity contribution in [3.8, 4) is 12.1 Å². The van der Waals surface area contributed by atoms with Gasteiger partial charge in [-0.3, -0.25) is 0 Å². The molecule has 0 fully saturated rings. The van der Waals surface area contributed by atoms with Gasteiger partial charge in [0.1, 0.15) is 22.8 Å². The Labute approximate surface area is 150 Å². The summed E-state index contributed by atoms with van der Waals surface area (Å²) in [6.07, 6.45) is 4.61. The molecule has 0 aliphatic carbocycles. The number of hydrogen-bond acceptors (Lipinski definition) is 7. The molecule has 25 heavy (non-hydrogen) atoms. The van der Waals surface area contributed by atoms with Crippen LogP contribution in [-0.4, -0.2) is 32.3 Å². The molecule has 3 N–H and O–H groups in total. The van der Waals surface area contributed by atoms with Crippen LogP contribution in [0.4, 0.5) is 9.70 Å². The molecule has 0 atom stereocenters. The van der Waals surface area contributed by atoms with Crippen molar-refractivity contribution in [2.24, 2.45) is 0 Å². The van der Waals surface area contributed by atoms with Gasteiger partial charge >= 0.3 is 6.01 Å². The maximum Gasteiger partial charge on any atom is 0.319 e. The number of unbranched alkanes of at least 4 members (excludes halogenated alkanes) is 3. The number of nitrogens with two attached hydrogens (primary N) is 1. The number of hydrogen-bond donors (Lipinski definition) is 2. The van der Waals surface area contributed by atoms with E-state index >= 15 is 0 Å². The fraction of sp³-hybridized carbons (Fsp3) is 0.562. The van der Waals surface area contributed by atoms with E-state index in [4.69, 9.17) is 15.6 Å². The number of nitriles is 1. The average Bonchev–Trinajstić information content (AvgIpc) is 2.92. The number of rotatable bonds is 10. The monoisotopic (exact) mass is 367 g/mol. The van der Waals surface area contributed by atoms with Gasteiger partial charge in [0, 0.05) is 12.2 Å². The highest BCUT2D eigenvalue weighted by Gasteiger charge is 2.23. The Morgan fingerprint density at radius 1 is 1.32 bits per heavy atom. The van der Waals surface area contributed by atoms with E-state index in [1.54, 1.807) is 0 Å². The van der Waals surface area contributed by atoms with Crippen molar-refractivity contribution in [1.29, 1.82) is 5.26 Å². The van der Waals surface area contributed by atoms with Gasteiger partial charge in [0.05, 0.1) is 6.61 Å². The Balaban J connectivity index is 2.45. The zero-order valence-corrected chi connectivity index (χ0v) is 15.0. The minimum absolute atomic E-state index is 0.0831. The van der Waals surface area contributed by atoms with Crippen molar-refractivity contribution in [2.75, 3.05) is 18.9 Å². The summed E-state index contributed by atoms with van der Waals surface area (Å²) in [6.45, 7) is 2.64. The first kappa shape index (κ1) is 19.3. The van der Waals surface area contributed by atoms with Crippen molar-refractivity contribution in [2.45, 2.75) is 45.4 Å². The molecule has 0 aliphatic heterocycles. The molecule has 0 saturated carbocycles. The van der Waals surface area contributed by atoms with Gasteiger partial charge in [0.25, 0.3) is 0 Å². The van der Waals surface area contributed by atoms with E-state index in [9.17, 15) is 9.15 Å². The Bertz CT molecular complexity index is 759. The second-order valence-electron chi connectivity index (χ2n) is 5.63. The molecular weight excluding hydrogens is 345 g/mol. The highest BCUT2D eigenvalue weighted by atomic mass is 32.2. The Morgan fingerprint density at radius 2 is 2.12 bits per heavy atom. The van der Waals surface area contributed by atoms with Crippen molar-refractivity contribution in [3.63, 3.8) is 0 Å². The number of fused-ring (bicyclic) bond motifs is 1. The number of aliphatic hydroxyl groups excluding tert-OH is 1. The zero-order valence-electron chi connectivity index (χ0n) is 14.2. The molecule has 0 bridgehead atoms. The highest BCUT2D eigenvalue weighted by molar-refractivity contribution is 7.93. The lowest BCUT2D eigenvalue weighted by molar-refractivity contribution is 0.283. The first-order valence-electron chi connectivity index (χ1n) is 8.31. The van der Waals surface area contributed by atoms with Gasteiger partial charge in [0.2, 0.25) is 0 Å². The Hall–Kier alpha value is -2.05. The summed E-state index contributed by atoms with van der Waals surface area (Å²) in [5, 5.41) is 18.3. The molecular formula is C16H22FN5O2S. The number of nitrogen functional groups attached to an aromatic ring is 1. The fourth-order valence-corrected chi connectivity index (χ4v) is 3.06. The molecule has 0 saturated heterocycles. The van der Waals surface area contributed by atoms with E-state index in [0.29, 0.717) is 36.0 Å². The second kappa shape index (κ2) is 9.44. The highest BCUT2D eigenvalue weighted by Crippen LogP contribution is 2.34. The number of ether oxygens (including phenoxy) is 1. The van der Waals surface area contributed by atoms with Crippen molar-refractivity contribution < 1.29 is 13.7 Å². The maximum atomic E-state index is 13.4. The summed E-state index contributed by atoms with van der Waals surface area (Å²) in [5.41, 5.74) is 7.53. The second-order valence-corrected chi connectivity index (χ2v) is 6.13. The predicted molar refractivity (Wildman–Crippen MR) is 95.8 cm³/mol. The number of aryl methyl sites for hydroxylation is 1.